The number of nitrogens with zero attached hydrogens (tertiary/aromatic N) is 1. The molecule has 0 aromatic heterocycles. The molecule has 1 saturated carbocycles. The van der Waals surface area contributed by atoms with Crippen LogP contribution in [0.3, 0.4) is 0 Å². The van der Waals surface area contributed by atoms with Crippen molar-refractivity contribution in [1.82, 2.24) is 10.2 Å². The summed E-state index contributed by atoms with van der Waals surface area (Å²) in [6.07, 6.45) is 5.51. The van der Waals surface area contributed by atoms with Gasteiger partial charge in [-0.05, 0) is 34.0 Å². The van der Waals surface area contributed by atoms with E-state index in [4.69, 9.17) is 0 Å². The highest BCUT2D eigenvalue weighted by Crippen LogP contribution is 2.20. The summed E-state index contributed by atoms with van der Waals surface area (Å²) in [4.78, 5) is 2.35. The van der Waals surface area contributed by atoms with Crippen molar-refractivity contribution in [2.24, 2.45) is 0 Å². The normalized spacial score (nSPS) is 32.7. The minimum atomic E-state index is 0.721. The lowest BCUT2D eigenvalue weighted by atomic mass is 9.90. The molecule has 0 aromatic rings. The SMILES string of the molecule is CN[C@H]1CCCCC1N(C)C. The van der Waals surface area contributed by atoms with Crippen molar-refractivity contribution in [3.8, 4) is 0 Å². The van der Waals surface area contributed by atoms with Gasteiger partial charge in [-0.3, -0.25) is 0 Å². The Labute approximate surface area is 70.0 Å². The zero-order chi connectivity index (χ0) is 8.27. The molecule has 1 unspecified atom stereocenters. The van der Waals surface area contributed by atoms with Crippen LogP contribution in [-0.2, 0) is 0 Å². The molecule has 1 aliphatic rings. The highest BCUT2D eigenvalue weighted by Gasteiger charge is 2.24. The van der Waals surface area contributed by atoms with E-state index in [0.717, 1.165) is 12.1 Å². The molecule has 0 spiro atoms. The largest absolute Gasteiger partial charge is 0.315 e. The van der Waals surface area contributed by atoms with E-state index in [1.807, 2.05) is 0 Å². The second kappa shape index (κ2) is 4.07. The average molecular weight is 156 g/mol. The van der Waals surface area contributed by atoms with Gasteiger partial charge in [-0.2, -0.15) is 0 Å². The minimum Gasteiger partial charge on any atom is -0.315 e. The molecule has 0 aliphatic heterocycles. The molecule has 0 saturated heterocycles. The molecule has 2 heteroatoms. The summed E-state index contributed by atoms with van der Waals surface area (Å²) in [5, 5.41) is 3.39. The van der Waals surface area contributed by atoms with Crippen LogP contribution in [0.4, 0.5) is 0 Å². The van der Waals surface area contributed by atoms with Crippen LogP contribution in [0, 0.1) is 0 Å². The maximum absolute atomic E-state index is 3.39. The van der Waals surface area contributed by atoms with Crippen LogP contribution >= 0.6 is 0 Å². The minimum absolute atomic E-state index is 0.721. The van der Waals surface area contributed by atoms with Crippen LogP contribution in [-0.4, -0.2) is 38.1 Å². The van der Waals surface area contributed by atoms with Crippen LogP contribution in [0.15, 0.2) is 0 Å². The second-order valence-electron chi connectivity index (χ2n) is 3.71. The Balaban J connectivity index is 2.44. The van der Waals surface area contributed by atoms with Gasteiger partial charge in [-0.15, -0.1) is 0 Å². The number of hydrogen-bond acceptors (Lipinski definition) is 2. The molecule has 0 heterocycles. The highest BCUT2D eigenvalue weighted by atomic mass is 15.1. The summed E-state index contributed by atoms with van der Waals surface area (Å²) in [5.41, 5.74) is 0. The van der Waals surface area contributed by atoms with Crippen LogP contribution in [0.25, 0.3) is 0 Å². The molecule has 2 atom stereocenters. The maximum atomic E-state index is 3.39. The maximum Gasteiger partial charge on any atom is 0.0243 e. The van der Waals surface area contributed by atoms with E-state index in [0.29, 0.717) is 0 Å². The van der Waals surface area contributed by atoms with E-state index in [1.165, 1.54) is 25.7 Å². The fourth-order valence-corrected chi connectivity index (χ4v) is 2.07. The molecule has 0 aromatic carbocycles. The van der Waals surface area contributed by atoms with Gasteiger partial charge in [0, 0.05) is 12.1 Å². The summed E-state index contributed by atoms with van der Waals surface area (Å²) in [6.45, 7) is 0. The van der Waals surface area contributed by atoms with E-state index < -0.39 is 0 Å². The first-order valence-corrected chi connectivity index (χ1v) is 4.59. The van der Waals surface area contributed by atoms with Crippen LogP contribution in [0.2, 0.25) is 0 Å². The fourth-order valence-electron chi connectivity index (χ4n) is 2.07. The van der Waals surface area contributed by atoms with Gasteiger partial charge >= 0.3 is 0 Å². The molecule has 1 rings (SSSR count). The summed E-state index contributed by atoms with van der Waals surface area (Å²) < 4.78 is 0. The van der Waals surface area contributed by atoms with Gasteiger partial charge in [-0.25, -0.2) is 0 Å². The number of likely N-dealkylation sites (N-methyl/N-ethyl adjacent to an activating group) is 2. The van der Waals surface area contributed by atoms with E-state index in [9.17, 15) is 0 Å². The summed E-state index contributed by atoms with van der Waals surface area (Å²) in [7, 11) is 6.44. The molecule has 0 bridgehead atoms. The lowest BCUT2D eigenvalue weighted by molar-refractivity contribution is 0.183. The van der Waals surface area contributed by atoms with Crippen LogP contribution in [0.1, 0.15) is 25.7 Å². The van der Waals surface area contributed by atoms with Crippen LogP contribution < -0.4 is 5.32 Å². The molecular weight excluding hydrogens is 136 g/mol. The van der Waals surface area contributed by atoms with Crippen molar-refractivity contribution in [3.63, 3.8) is 0 Å². The Morgan fingerprint density at radius 2 is 1.82 bits per heavy atom. The predicted octanol–water partition coefficient (Wildman–Crippen LogP) is 1.08. The highest BCUT2D eigenvalue weighted by molar-refractivity contribution is 4.84. The predicted molar refractivity (Wildman–Crippen MR) is 48.8 cm³/mol. The quantitative estimate of drug-likeness (QED) is 0.643. The van der Waals surface area contributed by atoms with Crippen molar-refractivity contribution >= 4 is 0 Å². The van der Waals surface area contributed by atoms with E-state index in [2.05, 4.69) is 31.4 Å². The molecule has 66 valence electrons. The molecule has 1 aliphatic carbocycles. The Hall–Kier alpha value is -0.0800. The van der Waals surface area contributed by atoms with Gasteiger partial charge in [0.05, 0.1) is 0 Å². The first-order valence-electron chi connectivity index (χ1n) is 4.59. The molecule has 1 fully saturated rings. The van der Waals surface area contributed by atoms with Crippen molar-refractivity contribution in [2.75, 3.05) is 21.1 Å². The lowest BCUT2D eigenvalue weighted by Crippen LogP contribution is -2.47. The summed E-state index contributed by atoms with van der Waals surface area (Å²) in [5.74, 6) is 0. The van der Waals surface area contributed by atoms with Gasteiger partial charge < -0.3 is 10.2 Å². The van der Waals surface area contributed by atoms with Gasteiger partial charge in [0.15, 0.2) is 0 Å². The summed E-state index contributed by atoms with van der Waals surface area (Å²) in [6, 6.07) is 1.48. The Morgan fingerprint density at radius 3 is 2.27 bits per heavy atom. The van der Waals surface area contributed by atoms with E-state index in [1.54, 1.807) is 0 Å². The molecule has 1 N–H and O–H groups in total. The molecule has 11 heavy (non-hydrogen) atoms. The first-order chi connectivity index (χ1) is 5.25. The Kier molecular flexibility index (Phi) is 3.34. The third-order valence-electron chi connectivity index (χ3n) is 2.76. The van der Waals surface area contributed by atoms with Gasteiger partial charge in [0.1, 0.15) is 0 Å². The first kappa shape index (κ1) is 9.01. The topological polar surface area (TPSA) is 15.3 Å². The number of hydrogen-bond donors (Lipinski definition) is 1. The lowest BCUT2D eigenvalue weighted by Gasteiger charge is -2.35. The van der Waals surface area contributed by atoms with Crippen molar-refractivity contribution in [1.29, 1.82) is 0 Å². The zero-order valence-corrected chi connectivity index (χ0v) is 7.93. The fraction of sp³-hybridized carbons (Fsp3) is 1.00. The van der Waals surface area contributed by atoms with Crippen molar-refractivity contribution < 1.29 is 0 Å². The standard InChI is InChI=1S/C9H20N2/c1-10-8-6-4-5-7-9(8)11(2)3/h8-10H,4-7H2,1-3H3/t8-,9?/m0/s1. The second-order valence-corrected chi connectivity index (χ2v) is 3.71. The third-order valence-corrected chi connectivity index (χ3v) is 2.76. The Bertz CT molecular complexity index is 112. The van der Waals surface area contributed by atoms with Crippen molar-refractivity contribution in [3.05, 3.63) is 0 Å². The van der Waals surface area contributed by atoms with Gasteiger partial charge in [0.25, 0.3) is 0 Å². The molecule has 0 amide bonds. The summed E-state index contributed by atoms with van der Waals surface area (Å²) >= 11 is 0. The smallest absolute Gasteiger partial charge is 0.0243 e. The number of rotatable bonds is 2. The monoisotopic (exact) mass is 156 g/mol. The van der Waals surface area contributed by atoms with Crippen LogP contribution in [0.5, 0.6) is 0 Å². The third kappa shape index (κ3) is 2.17. The Morgan fingerprint density at radius 1 is 1.18 bits per heavy atom. The average Bonchev–Trinajstić information content (AvgIpc) is 2.04. The number of nitrogens with one attached hydrogen (secondary N) is 1. The van der Waals surface area contributed by atoms with E-state index >= 15 is 0 Å². The van der Waals surface area contributed by atoms with Gasteiger partial charge in [0.2, 0.25) is 0 Å². The molecular formula is C9H20N2. The molecule has 0 radical (unpaired) electrons. The van der Waals surface area contributed by atoms with E-state index in [-0.39, 0.29) is 0 Å². The molecule has 2 nitrogen and oxygen atoms in total. The van der Waals surface area contributed by atoms with Gasteiger partial charge in [-0.1, -0.05) is 12.8 Å². The van der Waals surface area contributed by atoms with Crippen molar-refractivity contribution in [2.45, 2.75) is 37.8 Å². The zero-order valence-electron chi connectivity index (χ0n) is 7.93.